The summed E-state index contributed by atoms with van der Waals surface area (Å²) < 4.78 is 34.4. The maximum absolute atomic E-state index is 11.7. The van der Waals surface area contributed by atoms with Crippen LogP contribution in [0, 0.1) is 0 Å². The molecule has 0 bridgehead atoms. The Morgan fingerprint density at radius 1 is 1.26 bits per heavy atom. The van der Waals surface area contributed by atoms with E-state index in [2.05, 4.69) is 6.58 Å². The van der Waals surface area contributed by atoms with Gasteiger partial charge in [-0.3, -0.25) is 0 Å². The summed E-state index contributed by atoms with van der Waals surface area (Å²) in [5.74, 6) is 0.374. The molecule has 3 nitrogen and oxygen atoms in total. The lowest BCUT2D eigenvalue weighted by Gasteiger charge is -2.05. The first-order chi connectivity index (χ1) is 9.03. The predicted molar refractivity (Wildman–Crippen MR) is 83.9 cm³/mol. The molecule has 0 saturated carbocycles. The smallest absolute Gasteiger partial charge is 0.157 e. The average Bonchev–Trinajstić information content (AvgIpc) is 2.36. The summed E-state index contributed by atoms with van der Waals surface area (Å²) in [6.07, 6.45) is 2.89. The molecule has 104 valence electrons. The van der Waals surface area contributed by atoms with Gasteiger partial charge in [0.15, 0.2) is 9.84 Å². The third-order valence-electron chi connectivity index (χ3n) is 2.11. The summed E-state index contributed by atoms with van der Waals surface area (Å²) in [6.45, 7) is 3.39. The van der Waals surface area contributed by atoms with E-state index in [1.807, 2.05) is 30.3 Å². The molecule has 0 amide bonds. The van der Waals surface area contributed by atoms with Crippen molar-refractivity contribution < 1.29 is 13.0 Å². The highest BCUT2D eigenvalue weighted by Gasteiger charge is 2.08. The third-order valence-corrected chi connectivity index (χ3v) is 5.97. The Labute approximate surface area is 121 Å². The summed E-state index contributed by atoms with van der Waals surface area (Å²) >= 11 is 0. The van der Waals surface area contributed by atoms with Crippen LogP contribution in [-0.4, -0.2) is 24.5 Å². The highest BCUT2D eigenvalue weighted by Crippen LogP contribution is 2.19. The Balaban J connectivity index is 2.34. The van der Waals surface area contributed by atoms with Crippen molar-refractivity contribution in [1.82, 2.24) is 0 Å². The summed E-state index contributed by atoms with van der Waals surface area (Å²) in [5, 5.41) is 1.58. The van der Waals surface area contributed by atoms with E-state index in [1.165, 1.54) is 12.2 Å². The van der Waals surface area contributed by atoms with Crippen molar-refractivity contribution >= 4 is 30.8 Å². The largest absolute Gasteiger partial charge is 0.605 e. The molecule has 0 spiro atoms. The van der Waals surface area contributed by atoms with Crippen LogP contribution in [0.3, 0.4) is 0 Å². The van der Waals surface area contributed by atoms with Gasteiger partial charge >= 0.3 is 0 Å². The Bertz CT molecular complexity index is 509. The standard InChI is InChI=1S/C13H16O3S3/c1-2-10-19(15,16)11-6-9-17-18(14)12-13-7-4-3-5-8-13/h2-9H,1,10-12H2/b9-6+. The zero-order valence-corrected chi connectivity index (χ0v) is 12.8. The molecule has 0 aliphatic heterocycles. The molecule has 0 fully saturated rings. The van der Waals surface area contributed by atoms with Gasteiger partial charge in [-0.1, -0.05) is 42.5 Å². The van der Waals surface area contributed by atoms with E-state index in [0.717, 1.165) is 16.4 Å². The third kappa shape index (κ3) is 7.47. The van der Waals surface area contributed by atoms with Crippen LogP contribution in [0.25, 0.3) is 0 Å². The minimum absolute atomic E-state index is 0.0326. The van der Waals surface area contributed by atoms with Gasteiger partial charge < -0.3 is 4.55 Å². The molecule has 1 unspecified atom stereocenters. The van der Waals surface area contributed by atoms with Gasteiger partial charge in [-0.05, 0) is 0 Å². The fraction of sp³-hybridized carbons (Fsp3) is 0.231. The molecule has 6 heteroatoms. The second-order valence-corrected chi connectivity index (χ2v) is 8.97. The van der Waals surface area contributed by atoms with E-state index in [4.69, 9.17) is 0 Å². The molecule has 1 aromatic rings. The summed E-state index contributed by atoms with van der Waals surface area (Å²) in [6, 6.07) is 9.53. The maximum atomic E-state index is 11.7. The second kappa shape index (κ2) is 8.47. The highest BCUT2D eigenvalue weighted by molar-refractivity contribution is 8.72. The van der Waals surface area contributed by atoms with Crippen LogP contribution >= 0.6 is 10.8 Å². The molecule has 0 aliphatic rings. The lowest BCUT2D eigenvalue weighted by Crippen LogP contribution is -2.06. The van der Waals surface area contributed by atoms with Crippen molar-refractivity contribution in [2.75, 3.05) is 11.5 Å². The fourth-order valence-electron chi connectivity index (χ4n) is 1.28. The lowest BCUT2D eigenvalue weighted by atomic mass is 10.2. The molecule has 0 N–H and O–H groups in total. The second-order valence-electron chi connectivity index (χ2n) is 3.77. The highest BCUT2D eigenvalue weighted by atomic mass is 33.1. The minimum Gasteiger partial charge on any atom is -0.605 e. The van der Waals surface area contributed by atoms with Crippen LogP contribution in [0.5, 0.6) is 0 Å². The maximum Gasteiger partial charge on any atom is 0.157 e. The quantitative estimate of drug-likeness (QED) is 0.420. The van der Waals surface area contributed by atoms with Gasteiger partial charge in [0.1, 0.15) is 16.5 Å². The predicted octanol–water partition coefficient (Wildman–Crippen LogP) is 2.70. The van der Waals surface area contributed by atoms with Crippen LogP contribution in [0.2, 0.25) is 0 Å². The van der Waals surface area contributed by atoms with Crippen molar-refractivity contribution in [3.8, 4) is 0 Å². The van der Waals surface area contributed by atoms with Gasteiger partial charge in [-0.25, -0.2) is 8.42 Å². The zero-order valence-electron chi connectivity index (χ0n) is 10.4. The average molecular weight is 316 g/mol. The molecule has 0 radical (unpaired) electrons. The lowest BCUT2D eigenvalue weighted by molar-refractivity contribution is 0.601. The van der Waals surface area contributed by atoms with Crippen molar-refractivity contribution in [3.05, 3.63) is 60.0 Å². The molecule has 0 saturated heterocycles. The van der Waals surface area contributed by atoms with Gasteiger partial charge in [0.2, 0.25) is 0 Å². The molecule has 19 heavy (non-hydrogen) atoms. The van der Waals surface area contributed by atoms with Crippen molar-refractivity contribution in [2.45, 2.75) is 5.75 Å². The summed E-state index contributed by atoms with van der Waals surface area (Å²) in [7, 11) is -3.06. The van der Waals surface area contributed by atoms with Gasteiger partial charge in [-0.2, -0.15) is 0 Å². The Hall–Kier alpha value is -0.690. The molecule has 1 rings (SSSR count). The monoisotopic (exact) mass is 316 g/mol. The van der Waals surface area contributed by atoms with Crippen LogP contribution in [0.1, 0.15) is 5.56 Å². The van der Waals surface area contributed by atoms with Crippen LogP contribution in [-0.2, 0) is 25.8 Å². The van der Waals surface area contributed by atoms with Gasteiger partial charge in [0, 0.05) is 21.2 Å². The van der Waals surface area contributed by atoms with E-state index in [-0.39, 0.29) is 11.5 Å². The first-order valence-corrected chi connectivity index (χ1v) is 10.1. The van der Waals surface area contributed by atoms with E-state index in [0.29, 0.717) is 5.75 Å². The number of hydrogen-bond donors (Lipinski definition) is 0. The first kappa shape index (κ1) is 16.4. The van der Waals surface area contributed by atoms with Gasteiger partial charge in [-0.15, -0.1) is 6.58 Å². The molecule has 1 aromatic carbocycles. The molecule has 0 aliphatic carbocycles. The van der Waals surface area contributed by atoms with Gasteiger partial charge in [0.25, 0.3) is 0 Å². The van der Waals surface area contributed by atoms with Crippen molar-refractivity contribution in [2.24, 2.45) is 0 Å². The van der Waals surface area contributed by atoms with E-state index in [1.54, 1.807) is 5.41 Å². The Kier molecular flexibility index (Phi) is 7.30. The van der Waals surface area contributed by atoms with Gasteiger partial charge in [0.05, 0.1) is 11.5 Å². The molecule has 0 aromatic heterocycles. The normalized spacial score (nSPS) is 13.5. The summed E-state index contributed by atoms with van der Waals surface area (Å²) in [5.41, 5.74) is 1.00. The van der Waals surface area contributed by atoms with E-state index < -0.39 is 20.0 Å². The molecular formula is C13H16O3S3. The van der Waals surface area contributed by atoms with Crippen LogP contribution in [0.15, 0.2) is 54.5 Å². The first-order valence-electron chi connectivity index (χ1n) is 5.59. The fourth-order valence-corrected chi connectivity index (χ4v) is 4.34. The van der Waals surface area contributed by atoms with Crippen LogP contribution < -0.4 is 0 Å². The van der Waals surface area contributed by atoms with E-state index >= 15 is 0 Å². The van der Waals surface area contributed by atoms with Crippen LogP contribution in [0.4, 0.5) is 0 Å². The van der Waals surface area contributed by atoms with E-state index in [9.17, 15) is 13.0 Å². The number of rotatable bonds is 8. The van der Waals surface area contributed by atoms with Crippen molar-refractivity contribution in [1.29, 1.82) is 0 Å². The topological polar surface area (TPSA) is 57.2 Å². The molecule has 0 heterocycles. The Morgan fingerprint density at radius 3 is 2.58 bits per heavy atom. The SMILES string of the molecule is C=CCS(=O)(=O)C/C=C/S[S+]([O-])Cc1ccccc1. The summed E-state index contributed by atoms with van der Waals surface area (Å²) in [4.78, 5) is 0. The zero-order chi connectivity index (χ0) is 14.1. The minimum atomic E-state index is -3.11. The molecular weight excluding hydrogens is 300 g/mol. The Morgan fingerprint density at radius 2 is 1.95 bits per heavy atom. The molecule has 1 atom stereocenters. The van der Waals surface area contributed by atoms with Crippen molar-refractivity contribution in [3.63, 3.8) is 0 Å². The number of benzene rings is 1. The number of hydrogen-bond acceptors (Lipinski definition) is 4. The number of sulfone groups is 1.